The van der Waals surface area contributed by atoms with Gasteiger partial charge in [0.25, 0.3) is 5.91 Å². The van der Waals surface area contributed by atoms with Crippen LogP contribution in [0.15, 0.2) is 17.5 Å². The maximum absolute atomic E-state index is 12.4. The minimum absolute atomic E-state index is 0.0829. The summed E-state index contributed by atoms with van der Waals surface area (Å²) in [4.78, 5) is 17.4. The van der Waals surface area contributed by atoms with E-state index < -0.39 is 0 Å². The summed E-state index contributed by atoms with van der Waals surface area (Å²) >= 11 is 1.50. The first-order valence-electron chi connectivity index (χ1n) is 7.77. The number of nitrogens with zero attached hydrogens (tertiary/aromatic N) is 6. The monoisotopic (exact) mass is 334 g/mol. The van der Waals surface area contributed by atoms with Crippen molar-refractivity contribution in [1.82, 2.24) is 30.0 Å². The Hall–Kier alpha value is -1.80. The molecule has 0 N–H and O–H groups in total. The molecule has 0 aliphatic carbocycles. The summed E-state index contributed by atoms with van der Waals surface area (Å²) in [6.45, 7) is 10.1. The van der Waals surface area contributed by atoms with E-state index in [0.717, 1.165) is 36.9 Å². The van der Waals surface area contributed by atoms with E-state index >= 15 is 0 Å². The lowest BCUT2D eigenvalue weighted by molar-refractivity contribution is 0.0585. The average molecular weight is 334 g/mol. The lowest BCUT2D eigenvalue weighted by atomic mass is 9.96. The zero-order valence-electron chi connectivity index (χ0n) is 13.8. The third-order valence-electron chi connectivity index (χ3n) is 3.93. The summed E-state index contributed by atoms with van der Waals surface area (Å²) in [5.74, 6) is 1.02. The lowest BCUT2D eigenvalue weighted by Gasteiger charge is -2.34. The minimum Gasteiger partial charge on any atom is -0.335 e. The molecule has 0 atom stereocenters. The molecule has 8 heteroatoms. The van der Waals surface area contributed by atoms with Crippen LogP contribution in [0.25, 0.3) is 0 Å². The summed E-state index contributed by atoms with van der Waals surface area (Å²) in [5.41, 5.74) is -0.0829. The van der Waals surface area contributed by atoms with E-state index in [1.807, 2.05) is 27.1 Å². The average Bonchev–Trinajstić information content (AvgIpc) is 3.18. The van der Waals surface area contributed by atoms with Gasteiger partial charge in [-0.1, -0.05) is 26.8 Å². The van der Waals surface area contributed by atoms with Crippen LogP contribution in [-0.2, 0) is 12.1 Å². The number of carbonyl (C=O) groups is 1. The first-order chi connectivity index (χ1) is 10.9. The van der Waals surface area contributed by atoms with Crippen LogP contribution in [0.4, 0.5) is 0 Å². The highest BCUT2D eigenvalue weighted by Gasteiger charge is 2.26. The Labute approximate surface area is 139 Å². The highest BCUT2D eigenvalue weighted by molar-refractivity contribution is 7.12. The van der Waals surface area contributed by atoms with E-state index in [0.29, 0.717) is 6.67 Å². The Morgan fingerprint density at radius 3 is 2.61 bits per heavy atom. The molecule has 1 aliphatic rings. The molecule has 3 heterocycles. The highest BCUT2D eigenvalue weighted by Crippen LogP contribution is 2.19. The highest BCUT2D eigenvalue weighted by atomic mass is 32.1. The predicted octanol–water partition coefficient (Wildman–Crippen LogP) is 1.45. The number of amides is 1. The quantitative estimate of drug-likeness (QED) is 0.850. The van der Waals surface area contributed by atoms with Gasteiger partial charge in [0, 0.05) is 31.6 Å². The second kappa shape index (κ2) is 6.37. The molecule has 0 spiro atoms. The minimum atomic E-state index is -0.0829. The van der Waals surface area contributed by atoms with Gasteiger partial charge in [-0.05, 0) is 21.9 Å². The molecule has 124 valence electrons. The molecule has 23 heavy (non-hydrogen) atoms. The van der Waals surface area contributed by atoms with Crippen molar-refractivity contribution in [3.05, 3.63) is 28.2 Å². The smallest absolute Gasteiger partial charge is 0.264 e. The number of carbonyl (C=O) groups excluding carboxylic acids is 1. The van der Waals surface area contributed by atoms with E-state index in [1.54, 1.807) is 0 Å². The maximum atomic E-state index is 12.4. The molecular weight excluding hydrogens is 312 g/mol. The molecule has 0 saturated carbocycles. The van der Waals surface area contributed by atoms with E-state index in [4.69, 9.17) is 0 Å². The number of piperazine rings is 1. The zero-order chi connectivity index (χ0) is 16.4. The van der Waals surface area contributed by atoms with E-state index in [-0.39, 0.29) is 11.3 Å². The molecule has 0 bridgehead atoms. The van der Waals surface area contributed by atoms with Crippen molar-refractivity contribution in [1.29, 1.82) is 0 Å². The van der Waals surface area contributed by atoms with Crippen LogP contribution in [0.2, 0.25) is 0 Å². The third kappa shape index (κ3) is 3.59. The van der Waals surface area contributed by atoms with Gasteiger partial charge in [0.2, 0.25) is 0 Å². The second-order valence-corrected chi connectivity index (χ2v) is 7.73. The van der Waals surface area contributed by atoms with Crippen LogP contribution >= 0.6 is 11.3 Å². The van der Waals surface area contributed by atoms with E-state index in [1.165, 1.54) is 11.3 Å². The van der Waals surface area contributed by atoms with Gasteiger partial charge >= 0.3 is 0 Å². The molecule has 0 aromatic carbocycles. The molecule has 0 unspecified atom stereocenters. The SMILES string of the molecule is CC(C)(C)c1nnnn1CN1CCN(C(=O)c2cccs2)CC1. The van der Waals surface area contributed by atoms with Crippen molar-refractivity contribution in [2.24, 2.45) is 0 Å². The van der Waals surface area contributed by atoms with Crippen LogP contribution in [0, 0.1) is 0 Å². The molecule has 1 amide bonds. The van der Waals surface area contributed by atoms with Crippen molar-refractivity contribution in [2.75, 3.05) is 26.2 Å². The van der Waals surface area contributed by atoms with Gasteiger partial charge < -0.3 is 4.90 Å². The topological polar surface area (TPSA) is 67.2 Å². The number of aromatic nitrogens is 4. The number of thiophene rings is 1. The Morgan fingerprint density at radius 1 is 1.26 bits per heavy atom. The summed E-state index contributed by atoms with van der Waals surface area (Å²) in [6.07, 6.45) is 0. The first kappa shape index (κ1) is 16.1. The number of rotatable bonds is 3. The van der Waals surface area contributed by atoms with Crippen LogP contribution < -0.4 is 0 Å². The molecule has 1 saturated heterocycles. The van der Waals surface area contributed by atoms with Gasteiger partial charge in [0.15, 0.2) is 5.82 Å². The number of hydrogen-bond acceptors (Lipinski definition) is 6. The molecule has 7 nitrogen and oxygen atoms in total. The summed E-state index contributed by atoms with van der Waals surface area (Å²) in [6, 6.07) is 3.80. The van der Waals surface area contributed by atoms with Crippen molar-refractivity contribution in [3.8, 4) is 0 Å². The van der Waals surface area contributed by atoms with Gasteiger partial charge in [-0.2, -0.15) is 0 Å². The van der Waals surface area contributed by atoms with Crippen molar-refractivity contribution in [3.63, 3.8) is 0 Å². The van der Waals surface area contributed by atoms with Crippen molar-refractivity contribution >= 4 is 17.2 Å². The van der Waals surface area contributed by atoms with Gasteiger partial charge in [-0.3, -0.25) is 9.69 Å². The molecular formula is C15H22N6OS. The van der Waals surface area contributed by atoms with Crippen LogP contribution in [0.1, 0.15) is 36.3 Å². The van der Waals surface area contributed by atoms with Gasteiger partial charge in [0.05, 0.1) is 11.5 Å². The molecule has 1 fully saturated rings. The standard InChI is InChI=1S/C15H22N6OS/c1-15(2,3)14-16-17-18-21(14)11-19-6-8-20(9-7-19)13(22)12-5-4-10-23-12/h4-5,10H,6-9,11H2,1-3H3. The fraction of sp³-hybridized carbons (Fsp3) is 0.600. The normalized spacial score (nSPS) is 16.7. The fourth-order valence-electron chi connectivity index (χ4n) is 2.67. The lowest BCUT2D eigenvalue weighted by Crippen LogP contribution is -2.49. The van der Waals surface area contributed by atoms with Gasteiger partial charge in [-0.15, -0.1) is 16.4 Å². The Kier molecular flexibility index (Phi) is 4.45. The maximum Gasteiger partial charge on any atom is 0.264 e. The van der Waals surface area contributed by atoms with Crippen LogP contribution in [0.3, 0.4) is 0 Å². The van der Waals surface area contributed by atoms with Gasteiger partial charge in [-0.25, -0.2) is 4.68 Å². The molecule has 1 aliphatic heterocycles. The number of hydrogen-bond donors (Lipinski definition) is 0. The largest absolute Gasteiger partial charge is 0.335 e. The second-order valence-electron chi connectivity index (χ2n) is 6.78. The van der Waals surface area contributed by atoms with Gasteiger partial charge in [0.1, 0.15) is 0 Å². The van der Waals surface area contributed by atoms with Crippen LogP contribution in [-0.4, -0.2) is 62.1 Å². The van der Waals surface area contributed by atoms with Crippen LogP contribution in [0.5, 0.6) is 0 Å². The molecule has 0 radical (unpaired) electrons. The summed E-state index contributed by atoms with van der Waals surface area (Å²) < 4.78 is 1.86. The summed E-state index contributed by atoms with van der Waals surface area (Å²) in [5, 5.41) is 14.0. The summed E-state index contributed by atoms with van der Waals surface area (Å²) in [7, 11) is 0. The van der Waals surface area contributed by atoms with Crippen molar-refractivity contribution in [2.45, 2.75) is 32.9 Å². The fourth-order valence-corrected chi connectivity index (χ4v) is 3.37. The molecule has 2 aromatic heterocycles. The zero-order valence-corrected chi connectivity index (χ0v) is 14.6. The van der Waals surface area contributed by atoms with E-state index in [9.17, 15) is 4.79 Å². The third-order valence-corrected chi connectivity index (χ3v) is 4.79. The number of tetrazole rings is 1. The Balaban J connectivity index is 1.58. The first-order valence-corrected chi connectivity index (χ1v) is 8.65. The Morgan fingerprint density at radius 2 is 2.00 bits per heavy atom. The van der Waals surface area contributed by atoms with Crippen molar-refractivity contribution < 1.29 is 4.79 Å². The molecule has 2 aromatic rings. The Bertz CT molecular complexity index is 652. The molecule has 3 rings (SSSR count). The predicted molar refractivity (Wildman–Crippen MR) is 88.3 cm³/mol. The van der Waals surface area contributed by atoms with E-state index in [2.05, 4.69) is 41.2 Å².